The molecule has 1 aliphatic rings. The normalized spacial score (nSPS) is 13.0. The van der Waals surface area contributed by atoms with Gasteiger partial charge < -0.3 is 5.32 Å². The molecule has 0 unspecified atom stereocenters. The van der Waals surface area contributed by atoms with Crippen LogP contribution in [0.25, 0.3) is 15.9 Å². The number of thioether (sulfide) groups is 1. The average Bonchev–Trinajstić information content (AvgIpc) is 3.47. The molecule has 4 aromatic rings. The van der Waals surface area contributed by atoms with Crippen LogP contribution in [0, 0.1) is 0 Å². The first kappa shape index (κ1) is 20.2. The number of carbonyl (C=O) groups excluding carboxylic acids is 1. The number of fused-ring (bicyclic) bond motifs is 3. The van der Waals surface area contributed by atoms with Gasteiger partial charge in [-0.1, -0.05) is 23.4 Å². The van der Waals surface area contributed by atoms with Gasteiger partial charge in [-0.25, -0.2) is 14.6 Å². The van der Waals surface area contributed by atoms with Gasteiger partial charge in [0.2, 0.25) is 5.91 Å². The third-order valence-corrected chi connectivity index (χ3v) is 7.59. The first-order valence-corrected chi connectivity index (χ1v) is 11.8. The maximum Gasteiger partial charge on any atom is 0.262 e. The number of thiophene rings is 1. The Morgan fingerprint density at radius 3 is 3.03 bits per heavy atom. The van der Waals surface area contributed by atoms with E-state index in [2.05, 4.69) is 20.4 Å². The second-order valence-corrected chi connectivity index (χ2v) is 9.60. The summed E-state index contributed by atoms with van der Waals surface area (Å²) in [6, 6.07) is 5.14. The predicted molar refractivity (Wildman–Crippen MR) is 123 cm³/mol. The van der Waals surface area contributed by atoms with Crippen LogP contribution in [-0.4, -0.2) is 36.0 Å². The van der Waals surface area contributed by atoms with Crippen molar-refractivity contribution in [2.45, 2.75) is 24.4 Å². The summed E-state index contributed by atoms with van der Waals surface area (Å²) in [6.07, 6.45) is 6.00. The van der Waals surface area contributed by atoms with Crippen LogP contribution in [0.15, 0.2) is 40.8 Å². The Bertz CT molecular complexity index is 1360. The number of nitrogens with one attached hydrogen (secondary N) is 1. The molecule has 1 amide bonds. The highest BCUT2D eigenvalue weighted by molar-refractivity contribution is 7.99. The van der Waals surface area contributed by atoms with Gasteiger partial charge in [-0.15, -0.1) is 11.3 Å². The van der Waals surface area contributed by atoms with Crippen molar-refractivity contribution in [3.8, 4) is 5.69 Å². The fraction of sp³-hybridized carbons (Fsp3) is 0.250. The second kappa shape index (κ2) is 8.10. The molecule has 31 heavy (non-hydrogen) atoms. The third-order valence-electron chi connectivity index (χ3n) is 5.14. The van der Waals surface area contributed by atoms with Gasteiger partial charge >= 0.3 is 0 Å². The van der Waals surface area contributed by atoms with Gasteiger partial charge in [0.15, 0.2) is 5.16 Å². The lowest BCUT2D eigenvalue weighted by atomic mass is 10.2. The molecule has 0 spiro atoms. The Morgan fingerprint density at radius 1 is 1.35 bits per heavy atom. The largest absolute Gasteiger partial charge is 0.323 e. The number of carbonyl (C=O) groups is 1. The number of hydrogen-bond donors (Lipinski definition) is 1. The number of aromatic nitrogens is 5. The lowest BCUT2D eigenvalue weighted by Gasteiger charge is -2.12. The van der Waals surface area contributed by atoms with Crippen molar-refractivity contribution in [2.24, 2.45) is 7.05 Å². The zero-order valence-corrected chi connectivity index (χ0v) is 18.9. The maximum absolute atomic E-state index is 12.9. The van der Waals surface area contributed by atoms with Gasteiger partial charge in [-0.2, -0.15) is 5.10 Å². The van der Waals surface area contributed by atoms with Gasteiger partial charge in [-0.05, 0) is 43.0 Å². The minimum absolute atomic E-state index is 0.0457. The summed E-state index contributed by atoms with van der Waals surface area (Å²) in [6.45, 7) is 0. The molecule has 1 aromatic carbocycles. The van der Waals surface area contributed by atoms with Crippen LogP contribution in [0.1, 0.15) is 16.9 Å². The van der Waals surface area contributed by atoms with Gasteiger partial charge in [0, 0.05) is 16.9 Å². The molecule has 0 atom stereocenters. The van der Waals surface area contributed by atoms with E-state index in [9.17, 15) is 9.59 Å². The van der Waals surface area contributed by atoms with E-state index >= 15 is 0 Å². The van der Waals surface area contributed by atoms with Crippen molar-refractivity contribution in [3.63, 3.8) is 0 Å². The quantitative estimate of drug-likeness (QED) is 0.353. The number of nitrogens with zero attached hydrogens (tertiary/aromatic N) is 5. The number of hydrogen-bond acceptors (Lipinski definition) is 7. The Hall–Kier alpha value is -2.69. The van der Waals surface area contributed by atoms with Crippen molar-refractivity contribution >= 4 is 56.5 Å². The lowest BCUT2D eigenvalue weighted by molar-refractivity contribution is -0.113. The molecular weight excluding hydrogens is 456 g/mol. The molecule has 0 saturated carbocycles. The zero-order valence-electron chi connectivity index (χ0n) is 16.5. The van der Waals surface area contributed by atoms with Crippen LogP contribution in [0.2, 0.25) is 5.02 Å². The first-order valence-electron chi connectivity index (χ1n) is 9.60. The van der Waals surface area contributed by atoms with Crippen LogP contribution >= 0.6 is 34.7 Å². The van der Waals surface area contributed by atoms with Gasteiger partial charge in [-0.3, -0.25) is 14.2 Å². The molecule has 8 nitrogen and oxygen atoms in total. The molecule has 0 radical (unpaired) electrons. The van der Waals surface area contributed by atoms with E-state index < -0.39 is 0 Å². The molecule has 0 saturated heterocycles. The molecule has 0 aliphatic heterocycles. The molecule has 3 aromatic heterocycles. The van der Waals surface area contributed by atoms with Crippen molar-refractivity contribution in [1.29, 1.82) is 0 Å². The summed E-state index contributed by atoms with van der Waals surface area (Å²) in [4.78, 5) is 36.2. The van der Waals surface area contributed by atoms with Crippen molar-refractivity contribution < 1.29 is 4.79 Å². The van der Waals surface area contributed by atoms with E-state index in [0.717, 1.165) is 35.0 Å². The topological polar surface area (TPSA) is 94.7 Å². The lowest BCUT2D eigenvalue weighted by Crippen LogP contribution is -2.21. The number of amides is 1. The molecule has 3 heterocycles. The highest BCUT2D eigenvalue weighted by Gasteiger charge is 2.22. The molecule has 1 N–H and O–H groups in total. The van der Waals surface area contributed by atoms with Crippen LogP contribution in [0.4, 0.5) is 5.69 Å². The summed E-state index contributed by atoms with van der Waals surface area (Å²) < 4.78 is 3.08. The van der Waals surface area contributed by atoms with Gasteiger partial charge in [0.25, 0.3) is 5.56 Å². The van der Waals surface area contributed by atoms with Crippen LogP contribution < -0.4 is 10.9 Å². The number of benzene rings is 1. The van der Waals surface area contributed by atoms with E-state index in [4.69, 9.17) is 11.6 Å². The summed E-state index contributed by atoms with van der Waals surface area (Å²) in [5.41, 5.74) is 2.29. The van der Waals surface area contributed by atoms with Crippen LogP contribution in [0.3, 0.4) is 0 Å². The highest BCUT2D eigenvalue weighted by Crippen LogP contribution is 2.35. The van der Waals surface area contributed by atoms with Gasteiger partial charge in [0.1, 0.15) is 17.5 Å². The zero-order chi connectivity index (χ0) is 21.5. The van der Waals surface area contributed by atoms with E-state index in [1.54, 1.807) is 47.6 Å². The average molecular weight is 473 g/mol. The van der Waals surface area contributed by atoms with Crippen LogP contribution in [0.5, 0.6) is 0 Å². The summed E-state index contributed by atoms with van der Waals surface area (Å²) in [5, 5.41) is 8.73. The Morgan fingerprint density at radius 2 is 2.23 bits per heavy atom. The highest BCUT2D eigenvalue weighted by atomic mass is 35.5. The molecule has 0 fully saturated rings. The fourth-order valence-corrected chi connectivity index (χ4v) is 5.94. The molecule has 158 valence electrons. The Labute approximate surface area is 190 Å². The number of rotatable bonds is 5. The number of halogens is 1. The van der Waals surface area contributed by atoms with Gasteiger partial charge in [0.05, 0.1) is 22.5 Å². The smallest absolute Gasteiger partial charge is 0.262 e. The SMILES string of the molecule is Cn1c(SCC(=O)Nc2cc(Cl)ccc2-n2cncn2)nc2sc3c(c2c1=O)CCC3. The molecule has 11 heteroatoms. The summed E-state index contributed by atoms with van der Waals surface area (Å²) in [5.74, 6) is -0.142. The van der Waals surface area contributed by atoms with Crippen molar-refractivity contribution in [2.75, 3.05) is 11.1 Å². The Balaban J connectivity index is 1.36. The standard InChI is InChI=1S/C20H17ClN6O2S2/c1-26-19(29)17-12-3-2-4-15(12)31-18(17)25-20(26)30-8-16(28)24-13-7-11(21)5-6-14(13)27-10-22-9-23-27/h5-7,9-10H,2-4,8H2,1H3,(H,24,28). The summed E-state index contributed by atoms with van der Waals surface area (Å²) >= 11 is 8.94. The third kappa shape index (κ3) is 3.75. The first-order chi connectivity index (χ1) is 15.0. The van der Waals surface area contributed by atoms with E-state index in [0.29, 0.717) is 21.6 Å². The minimum atomic E-state index is -0.239. The Kier molecular flexibility index (Phi) is 5.28. The monoisotopic (exact) mass is 472 g/mol. The number of anilines is 1. The minimum Gasteiger partial charge on any atom is -0.323 e. The molecule has 0 bridgehead atoms. The van der Waals surface area contributed by atoms with Crippen LogP contribution in [-0.2, 0) is 24.7 Å². The van der Waals surface area contributed by atoms with E-state index in [1.807, 2.05) is 0 Å². The molecular formula is C20H17ClN6O2S2. The second-order valence-electron chi connectivity index (χ2n) is 7.13. The van der Waals surface area contributed by atoms with Crippen molar-refractivity contribution in [3.05, 3.63) is 56.7 Å². The van der Waals surface area contributed by atoms with Crippen molar-refractivity contribution in [1.82, 2.24) is 24.3 Å². The summed E-state index contributed by atoms with van der Waals surface area (Å²) in [7, 11) is 1.70. The van der Waals surface area contributed by atoms with E-state index in [-0.39, 0.29) is 17.2 Å². The number of aryl methyl sites for hydroxylation is 2. The fourth-order valence-electron chi connectivity index (χ4n) is 3.69. The molecule has 1 aliphatic carbocycles. The molecule has 5 rings (SSSR count). The maximum atomic E-state index is 12.9. The predicted octanol–water partition coefficient (Wildman–Crippen LogP) is 3.45. The van der Waals surface area contributed by atoms with E-state index in [1.165, 1.54) is 27.5 Å².